The summed E-state index contributed by atoms with van der Waals surface area (Å²) < 4.78 is 30.0. The molecule has 0 aromatic heterocycles. The number of benzene rings is 1. The summed E-state index contributed by atoms with van der Waals surface area (Å²) in [5.41, 5.74) is 1.22. The predicted molar refractivity (Wildman–Crippen MR) is 110 cm³/mol. The standard InChI is InChI=1S/C21H30N2O5S/c1-28-21(25)17-6-8-18(9-7-17)23-20(24)16-4-2-15(3-5-16)14-29(26,27)19-10-12-22-13-11-19/h2-5,17-19,22H,6-14H2,1H3,(H,23,24). The molecule has 8 heteroatoms. The monoisotopic (exact) mass is 422 g/mol. The van der Waals surface area contributed by atoms with E-state index in [4.69, 9.17) is 4.74 Å². The van der Waals surface area contributed by atoms with Crippen LogP contribution >= 0.6 is 0 Å². The smallest absolute Gasteiger partial charge is 0.308 e. The molecule has 2 aliphatic rings. The van der Waals surface area contributed by atoms with Crippen LogP contribution in [0.25, 0.3) is 0 Å². The van der Waals surface area contributed by atoms with E-state index in [2.05, 4.69) is 10.6 Å². The molecule has 0 bridgehead atoms. The number of sulfone groups is 1. The average molecular weight is 423 g/mol. The topological polar surface area (TPSA) is 102 Å². The van der Waals surface area contributed by atoms with Gasteiger partial charge in [0.15, 0.2) is 9.84 Å². The highest BCUT2D eigenvalue weighted by Gasteiger charge is 2.29. The molecule has 1 saturated carbocycles. The van der Waals surface area contributed by atoms with Crippen LogP contribution < -0.4 is 10.6 Å². The molecular weight excluding hydrogens is 392 g/mol. The Balaban J connectivity index is 1.52. The van der Waals surface area contributed by atoms with Crippen LogP contribution in [0.4, 0.5) is 0 Å². The van der Waals surface area contributed by atoms with Gasteiger partial charge in [0.05, 0.1) is 24.0 Å². The second-order valence-electron chi connectivity index (χ2n) is 8.00. The third-order valence-corrected chi connectivity index (χ3v) is 8.20. The predicted octanol–water partition coefficient (Wildman–Crippen LogP) is 1.81. The molecule has 1 aromatic rings. The van der Waals surface area contributed by atoms with Crippen LogP contribution in [0.5, 0.6) is 0 Å². The summed E-state index contributed by atoms with van der Waals surface area (Å²) in [5, 5.41) is 5.91. The van der Waals surface area contributed by atoms with E-state index in [0.717, 1.165) is 25.9 Å². The van der Waals surface area contributed by atoms with Crippen LogP contribution in [0.3, 0.4) is 0 Å². The highest BCUT2D eigenvalue weighted by molar-refractivity contribution is 7.91. The van der Waals surface area contributed by atoms with Crippen LogP contribution in [0.2, 0.25) is 0 Å². The zero-order chi connectivity index (χ0) is 20.9. The minimum absolute atomic E-state index is 0.0110. The molecule has 2 fully saturated rings. The molecular formula is C21H30N2O5S. The lowest BCUT2D eigenvalue weighted by Crippen LogP contribution is -2.38. The molecule has 3 rings (SSSR count). The van der Waals surface area contributed by atoms with Crippen LogP contribution in [-0.4, -0.2) is 51.8 Å². The largest absolute Gasteiger partial charge is 0.469 e. The van der Waals surface area contributed by atoms with E-state index in [1.54, 1.807) is 24.3 Å². The van der Waals surface area contributed by atoms with Crippen molar-refractivity contribution in [1.29, 1.82) is 0 Å². The molecule has 29 heavy (non-hydrogen) atoms. The SMILES string of the molecule is COC(=O)C1CCC(NC(=O)c2ccc(CS(=O)(=O)C3CCNCC3)cc2)CC1. The van der Waals surface area contributed by atoms with E-state index in [9.17, 15) is 18.0 Å². The highest BCUT2D eigenvalue weighted by atomic mass is 32.2. The van der Waals surface area contributed by atoms with Crippen molar-refractivity contribution in [2.45, 2.75) is 55.6 Å². The Morgan fingerprint density at radius 1 is 1.03 bits per heavy atom. The molecule has 0 spiro atoms. The Bertz CT molecular complexity index is 808. The van der Waals surface area contributed by atoms with E-state index >= 15 is 0 Å². The van der Waals surface area contributed by atoms with Crippen molar-refractivity contribution >= 4 is 21.7 Å². The number of carbonyl (C=O) groups excluding carboxylic acids is 2. The first kappa shape index (κ1) is 21.8. The second kappa shape index (κ2) is 9.71. The molecule has 1 aliphatic carbocycles. The number of nitrogens with one attached hydrogen (secondary N) is 2. The molecule has 1 amide bonds. The van der Waals surface area contributed by atoms with Crippen molar-refractivity contribution in [2.24, 2.45) is 5.92 Å². The van der Waals surface area contributed by atoms with Crippen LogP contribution in [-0.2, 0) is 25.1 Å². The number of rotatable bonds is 6. The van der Waals surface area contributed by atoms with Gasteiger partial charge in [-0.1, -0.05) is 12.1 Å². The number of esters is 1. The van der Waals surface area contributed by atoms with Gasteiger partial charge in [0, 0.05) is 11.6 Å². The van der Waals surface area contributed by atoms with Crippen molar-refractivity contribution in [3.05, 3.63) is 35.4 Å². The van der Waals surface area contributed by atoms with E-state index in [-0.39, 0.29) is 34.8 Å². The summed E-state index contributed by atoms with van der Waals surface area (Å²) in [5.74, 6) is -0.407. The molecule has 2 N–H and O–H groups in total. The molecule has 160 valence electrons. The maximum Gasteiger partial charge on any atom is 0.308 e. The maximum absolute atomic E-state index is 12.6. The summed E-state index contributed by atoms with van der Waals surface area (Å²) in [7, 11) is -1.78. The van der Waals surface area contributed by atoms with E-state index in [0.29, 0.717) is 36.8 Å². The fourth-order valence-corrected chi connectivity index (χ4v) is 6.01. The Hall–Kier alpha value is -1.93. The Kier molecular flexibility index (Phi) is 7.29. The summed E-state index contributed by atoms with van der Waals surface area (Å²) in [4.78, 5) is 24.1. The zero-order valence-electron chi connectivity index (χ0n) is 16.9. The normalized spacial score (nSPS) is 23.3. The van der Waals surface area contributed by atoms with Gasteiger partial charge in [-0.05, 0) is 69.3 Å². The minimum Gasteiger partial charge on any atom is -0.469 e. The van der Waals surface area contributed by atoms with Gasteiger partial charge in [-0.3, -0.25) is 9.59 Å². The second-order valence-corrected chi connectivity index (χ2v) is 10.3. The van der Waals surface area contributed by atoms with Gasteiger partial charge in [-0.15, -0.1) is 0 Å². The average Bonchev–Trinajstić information content (AvgIpc) is 2.74. The number of carbonyl (C=O) groups is 2. The van der Waals surface area contributed by atoms with Crippen LogP contribution in [0, 0.1) is 5.92 Å². The van der Waals surface area contributed by atoms with Crippen molar-refractivity contribution in [3.8, 4) is 0 Å². The Morgan fingerprint density at radius 3 is 2.24 bits per heavy atom. The molecule has 1 aromatic carbocycles. The third kappa shape index (κ3) is 5.79. The number of piperidine rings is 1. The molecule has 0 atom stereocenters. The lowest BCUT2D eigenvalue weighted by Gasteiger charge is -2.27. The van der Waals surface area contributed by atoms with Crippen LogP contribution in [0.15, 0.2) is 24.3 Å². The number of methoxy groups -OCH3 is 1. The number of ether oxygens (including phenoxy) is 1. The first-order chi connectivity index (χ1) is 13.9. The van der Waals surface area contributed by atoms with E-state index in [1.165, 1.54) is 7.11 Å². The van der Waals surface area contributed by atoms with Gasteiger partial charge < -0.3 is 15.4 Å². The van der Waals surface area contributed by atoms with Gasteiger partial charge in [0.25, 0.3) is 5.91 Å². The number of hydrogen-bond acceptors (Lipinski definition) is 6. The fraction of sp³-hybridized carbons (Fsp3) is 0.619. The molecule has 0 unspecified atom stereocenters. The summed E-state index contributed by atoms with van der Waals surface area (Å²) in [6, 6.07) is 6.86. The van der Waals surface area contributed by atoms with Gasteiger partial charge >= 0.3 is 5.97 Å². The lowest BCUT2D eigenvalue weighted by atomic mass is 9.86. The maximum atomic E-state index is 12.6. The van der Waals surface area contributed by atoms with E-state index in [1.807, 2.05) is 0 Å². The fourth-order valence-electron chi connectivity index (χ4n) is 4.17. The number of hydrogen-bond donors (Lipinski definition) is 2. The van der Waals surface area contributed by atoms with Gasteiger partial charge in [0.1, 0.15) is 0 Å². The van der Waals surface area contributed by atoms with Gasteiger partial charge in [-0.2, -0.15) is 0 Å². The highest BCUT2D eigenvalue weighted by Crippen LogP contribution is 2.25. The third-order valence-electron chi connectivity index (χ3n) is 5.97. The van der Waals surface area contributed by atoms with E-state index < -0.39 is 9.84 Å². The lowest BCUT2D eigenvalue weighted by molar-refractivity contribution is -0.146. The Labute approximate surface area is 172 Å². The first-order valence-electron chi connectivity index (χ1n) is 10.3. The van der Waals surface area contributed by atoms with Crippen molar-refractivity contribution in [2.75, 3.05) is 20.2 Å². The van der Waals surface area contributed by atoms with Gasteiger partial charge in [0.2, 0.25) is 0 Å². The summed E-state index contributed by atoms with van der Waals surface area (Å²) >= 11 is 0. The number of amides is 1. The first-order valence-corrected chi connectivity index (χ1v) is 12.0. The Morgan fingerprint density at radius 2 is 1.66 bits per heavy atom. The molecule has 1 heterocycles. The summed E-state index contributed by atoms with van der Waals surface area (Å²) in [6.45, 7) is 1.48. The van der Waals surface area contributed by atoms with Crippen molar-refractivity contribution in [1.82, 2.24) is 10.6 Å². The molecule has 1 aliphatic heterocycles. The summed E-state index contributed by atoms with van der Waals surface area (Å²) in [6.07, 6.45) is 4.23. The van der Waals surface area contributed by atoms with Crippen LogP contribution in [0.1, 0.15) is 54.4 Å². The van der Waals surface area contributed by atoms with Gasteiger partial charge in [-0.25, -0.2) is 8.42 Å². The molecule has 7 nitrogen and oxygen atoms in total. The van der Waals surface area contributed by atoms with Crippen molar-refractivity contribution in [3.63, 3.8) is 0 Å². The minimum atomic E-state index is -3.19. The zero-order valence-corrected chi connectivity index (χ0v) is 17.7. The molecule has 1 saturated heterocycles. The molecule has 0 radical (unpaired) electrons. The quantitative estimate of drug-likeness (QED) is 0.678. The van der Waals surface area contributed by atoms with Crippen molar-refractivity contribution < 1.29 is 22.7 Å².